The van der Waals surface area contributed by atoms with Crippen molar-refractivity contribution in [2.75, 3.05) is 0 Å². The third-order valence-electron chi connectivity index (χ3n) is 5.08. The van der Waals surface area contributed by atoms with Gasteiger partial charge >= 0.3 is 0 Å². The zero-order chi connectivity index (χ0) is 20.4. The van der Waals surface area contributed by atoms with Crippen molar-refractivity contribution < 1.29 is 14.7 Å². The maximum absolute atomic E-state index is 12.9. The van der Waals surface area contributed by atoms with Gasteiger partial charge in [-0.2, -0.15) is 0 Å². The normalized spacial score (nSPS) is 18.2. The molecule has 1 amide bonds. The second kappa shape index (κ2) is 7.72. The summed E-state index contributed by atoms with van der Waals surface area (Å²) in [6, 6.07) is 19.4. The van der Waals surface area contributed by atoms with Crippen LogP contribution < -0.4 is 0 Å². The fraction of sp³-hybridized carbons (Fsp3) is 0.125. The van der Waals surface area contributed by atoms with E-state index in [0.29, 0.717) is 5.56 Å². The number of Topliss-reactive ketones (excluding diaryl/α,β-unsaturated/α-hetero) is 1. The Kier molecular flexibility index (Phi) is 4.96. The van der Waals surface area contributed by atoms with Gasteiger partial charge < -0.3 is 10.0 Å². The van der Waals surface area contributed by atoms with Crippen LogP contribution >= 0.6 is 0 Å². The Morgan fingerprint density at radius 2 is 1.62 bits per heavy atom. The fourth-order valence-corrected chi connectivity index (χ4v) is 3.57. The van der Waals surface area contributed by atoms with E-state index in [0.717, 1.165) is 16.7 Å². The first-order valence-electron chi connectivity index (χ1n) is 9.35. The van der Waals surface area contributed by atoms with E-state index in [1.54, 1.807) is 36.7 Å². The van der Waals surface area contributed by atoms with Crippen molar-refractivity contribution in [2.24, 2.45) is 0 Å². The van der Waals surface area contributed by atoms with Crippen LogP contribution in [0.3, 0.4) is 0 Å². The summed E-state index contributed by atoms with van der Waals surface area (Å²) in [6.07, 6.45) is 3.30. The molecule has 1 aliphatic heterocycles. The van der Waals surface area contributed by atoms with E-state index in [-0.39, 0.29) is 17.9 Å². The number of hydrogen-bond acceptors (Lipinski definition) is 4. The first-order chi connectivity index (χ1) is 14.1. The van der Waals surface area contributed by atoms with Crippen LogP contribution in [-0.2, 0) is 16.1 Å². The van der Waals surface area contributed by atoms with Crippen LogP contribution in [0, 0.1) is 6.92 Å². The van der Waals surface area contributed by atoms with Gasteiger partial charge in [-0.3, -0.25) is 14.6 Å². The molecule has 1 aliphatic rings. The van der Waals surface area contributed by atoms with Crippen LogP contribution in [0.1, 0.15) is 28.3 Å². The highest BCUT2D eigenvalue weighted by Gasteiger charge is 2.45. The average molecular weight is 384 g/mol. The third-order valence-corrected chi connectivity index (χ3v) is 5.08. The Morgan fingerprint density at radius 1 is 0.966 bits per heavy atom. The number of hydrogen-bond donors (Lipinski definition) is 1. The van der Waals surface area contributed by atoms with E-state index in [1.807, 2.05) is 49.4 Å². The van der Waals surface area contributed by atoms with Gasteiger partial charge in [0.2, 0.25) is 0 Å². The van der Waals surface area contributed by atoms with Gasteiger partial charge in [-0.15, -0.1) is 0 Å². The summed E-state index contributed by atoms with van der Waals surface area (Å²) in [5.41, 5.74) is 3.33. The lowest BCUT2D eigenvalue weighted by atomic mass is 9.94. The molecule has 5 heteroatoms. The van der Waals surface area contributed by atoms with Gasteiger partial charge in [-0.1, -0.05) is 60.2 Å². The molecule has 2 aromatic carbocycles. The number of aliphatic hydroxyl groups is 1. The SMILES string of the molecule is Cc1ccc(C2C(=C(O)c3ccccc3)C(=O)C(=O)N2Cc2ccncc2)cc1. The molecular formula is C24H20N2O3. The van der Waals surface area contributed by atoms with Crippen molar-refractivity contribution in [1.82, 2.24) is 9.88 Å². The van der Waals surface area contributed by atoms with E-state index < -0.39 is 17.7 Å². The molecule has 0 aliphatic carbocycles. The number of nitrogens with zero attached hydrogens (tertiary/aromatic N) is 2. The number of carbonyl (C=O) groups excluding carboxylic acids is 2. The lowest BCUT2D eigenvalue weighted by Crippen LogP contribution is -2.29. The zero-order valence-corrected chi connectivity index (χ0v) is 15.9. The molecule has 1 saturated heterocycles. The van der Waals surface area contributed by atoms with Crippen molar-refractivity contribution in [3.05, 3.63) is 107 Å². The number of rotatable bonds is 4. The molecule has 29 heavy (non-hydrogen) atoms. The Balaban J connectivity index is 1.86. The topological polar surface area (TPSA) is 70.5 Å². The molecule has 5 nitrogen and oxygen atoms in total. The number of aliphatic hydroxyl groups excluding tert-OH is 1. The standard InChI is InChI=1S/C24H20N2O3/c1-16-7-9-18(10-8-16)21-20(22(27)19-5-3-2-4-6-19)23(28)24(29)26(21)15-17-11-13-25-14-12-17/h2-14,21,27H,15H2,1H3. The smallest absolute Gasteiger partial charge is 0.295 e. The summed E-state index contributed by atoms with van der Waals surface area (Å²) in [4.78, 5) is 31.4. The molecule has 0 spiro atoms. The molecule has 1 fully saturated rings. The summed E-state index contributed by atoms with van der Waals surface area (Å²) < 4.78 is 0. The van der Waals surface area contributed by atoms with Crippen molar-refractivity contribution >= 4 is 17.4 Å². The van der Waals surface area contributed by atoms with Crippen molar-refractivity contribution in [2.45, 2.75) is 19.5 Å². The van der Waals surface area contributed by atoms with Crippen molar-refractivity contribution in [3.63, 3.8) is 0 Å². The van der Waals surface area contributed by atoms with E-state index in [9.17, 15) is 14.7 Å². The fourth-order valence-electron chi connectivity index (χ4n) is 3.57. The molecule has 144 valence electrons. The van der Waals surface area contributed by atoms with Crippen LogP contribution in [0.5, 0.6) is 0 Å². The number of benzene rings is 2. The highest BCUT2D eigenvalue weighted by atomic mass is 16.3. The van der Waals surface area contributed by atoms with Crippen LogP contribution in [0.15, 0.2) is 84.7 Å². The molecule has 2 heterocycles. The highest BCUT2D eigenvalue weighted by Crippen LogP contribution is 2.40. The number of aryl methyl sites for hydroxylation is 1. The summed E-state index contributed by atoms with van der Waals surface area (Å²) in [6.45, 7) is 2.22. The number of amides is 1. The minimum absolute atomic E-state index is 0.110. The predicted octanol–water partition coefficient (Wildman–Crippen LogP) is 4.01. The third kappa shape index (κ3) is 3.55. The Morgan fingerprint density at radius 3 is 2.28 bits per heavy atom. The Bertz CT molecular complexity index is 1070. The van der Waals surface area contributed by atoms with Gasteiger partial charge in [0.15, 0.2) is 0 Å². The lowest BCUT2D eigenvalue weighted by molar-refractivity contribution is -0.140. The van der Waals surface area contributed by atoms with Crippen molar-refractivity contribution in [3.8, 4) is 0 Å². The molecule has 1 unspecified atom stereocenters. The first kappa shape index (κ1) is 18.6. The van der Waals surface area contributed by atoms with Gasteiger partial charge in [-0.05, 0) is 30.2 Å². The van der Waals surface area contributed by atoms with E-state index >= 15 is 0 Å². The molecular weight excluding hydrogens is 364 g/mol. The molecule has 1 N–H and O–H groups in total. The number of aromatic nitrogens is 1. The van der Waals surface area contributed by atoms with E-state index in [4.69, 9.17) is 0 Å². The largest absolute Gasteiger partial charge is 0.507 e. The summed E-state index contributed by atoms with van der Waals surface area (Å²) in [5.74, 6) is -1.46. The molecule has 1 aromatic heterocycles. The summed E-state index contributed by atoms with van der Waals surface area (Å²) in [5, 5.41) is 10.9. The Hall–Kier alpha value is -3.73. The quantitative estimate of drug-likeness (QED) is 0.419. The average Bonchev–Trinajstić information content (AvgIpc) is 3.00. The highest BCUT2D eigenvalue weighted by molar-refractivity contribution is 6.46. The van der Waals surface area contributed by atoms with Gasteiger partial charge in [0, 0.05) is 24.5 Å². The second-order valence-corrected chi connectivity index (χ2v) is 7.06. The lowest BCUT2D eigenvalue weighted by Gasteiger charge is -2.25. The maximum atomic E-state index is 12.9. The van der Waals surface area contributed by atoms with Crippen LogP contribution in [-0.4, -0.2) is 26.7 Å². The minimum atomic E-state index is -0.675. The molecule has 4 rings (SSSR count). The van der Waals surface area contributed by atoms with E-state index in [2.05, 4.69) is 4.98 Å². The molecule has 1 atom stereocenters. The summed E-state index contributed by atoms with van der Waals surface area (Å²) >= 11 is 0. The zero-order valence-electron chi connectivity index (χ0n) is 15.9. The van der Waals surface area contributed by atoms with E-state index in [1.165, 1.54) is 4.90 Å². The predicted molar refractivity (Wildman–Crippen MR) is 110 cm³/mol. The molecule has 0 saturated carbocycles. The number of carbonyl (C=O) groups is 2. The molecule has 3 aromatic rings. The molecule has 0 radical (unpaired) electrons. The summed E-state index contributed by atoms with van der Waals surface area (Å²) in [7, 11) is 0. The van der Waals surface area contributed by atoms with Gasteiger partial charge in [0.05, 0.1) is 11.6 Å². The van der Waals surface area contributed by atoms with Crippen LogP contribution in [0.2, 0.25) is 0 Å². The Labute approximate surface area is 169 Å². The monoisotopic (exact) mass is 384 g/mol. The first-order valence-corrected chi connectivity index (χ1v) is 9.35. The second-order valence-electron chi connectivity index (χ2n) is 7.06. The molecule has 0 bridgehead atoms. The van der Waals surface area contributed by atoms with Gasteiger partial charge in [0.1, 0.15) is 5.76 Å². The van der Waals surface area contributed by atoms with Crippen molar-refractivity contribution in [1.29, 1.82) is 0 Å². The maximum Gasteiger partial charge on any atom is 0.295 e. The van der Waals surface area contributed by atoms with Crippen LogP contribution in [0.4, 0.5) is 0 Å². The number of pyridine rings is 1. The van der Waals surface area contributed by atoms with Crippen LogP contribution in [0.25, 0.3) is 5.76 Å². The van der Waals surface area contributed by atoms with Gasteiger partial charge in [-0.25, -0.2) is 0 Å². The van der Waals surface area contributed by atoms with Gasteiger partial charge in [0.25, 0.3) is 11.7 Å². The number of likely N-dealkylation sites (tertiary alicyclic amines) is 1. The number of ketones is 1. The minimum Gasteiger partial charge on any atom is -0.507 e.